The van der Waals surface area contributed by atoms with E-state index in [1.165, 1.54) is 0 Å². The largest absolute Gasteiger partial charge is 0.361 e. The lowest BCUT2D eigenvalue weighted by Gasteiger charge is -2.14. The minimum Gasteiger partial charge on any atom is -0.361 e. The van der Waals surface area contributed by atoms with Crippen LogP contribution in [0.25, 0.3) is 16.9 Å². The van der Waals surface area contributed by atoms with Gasteiger partial charge in [0.25, 0.3) is 0 Å². The molecule has 1 atom stereocenters. The topological polar surface area (TPSA) is 92.3 Å². The van der Waals surface area contributed by atoms with Crippen LogP contribution in [0.4, 0.5) is 5.82 Å². The molecule has 4 aromatic rings. The molecular formula is C19H15N7. The summed E-state index contributed by atoms with van der Waals surface area (Å²) >= 11 is 0. The van der Waals surface area contributed by atoms with Crippen LogP contribution in [0.5, 0.6) is 0 Å². The molecule has 7 nitrogen and oxygen atoms in total. The Hall–Kier alpha value is -3.79. The summed E-state index contributed by atoms with van der Waals surface area (Å²) in [5.41, 5.74) is 3.11. The van der Waals surface area contributed by atoms with Gasteiger partial charge in [-0.2, -0.15) is 5.26 Å². The Morgan fingerprint density at radius 1 is 1.15 bits per heavy atom. The second kappa shape index (κ2) is 6.61. The van der Waals surface area contributed by atoms with E-state index in [4.69, 9.17) is 5.26 Å². The lowest BCUT2D eigenvalue weighted by Crippen LogP contribution is -2.10. The van der Waals surface area contributed by atoms with Crippen LogP contribution in [0, 0.1) is 11.3 Å². The summed E-state index contributed by atoms with van der Waals surface area (Å²) in [6.07, 6.45) is 6.78. The van der Waals surface area contributed by atoms with Crippen molar-refractivity contribution in [3.63, 3.8) is 0 Å². The van der Waals surface area contributed by atoms with Gasteiger partial charge < -0.3 is 5.32 Å². The minimum atomic E-state index is -0.00882. The molecule has 1 aromatic carbocycles. The van der Waals surface area contributed by atoms with Gasteiger partial charge in [0.1, 0.15) is 12.1 Å². The van der Waals surface area contributed by atoms with Crippen LogP contribution in [0.2, 0.25) is 0 Å². The fourth-order valence-corrected chi connectivity index (χ4v) is 2.73. The number of hydrogen-bond acceptors (Lipinski definition) is 6. The first-order valence-electron chi connectivity index (χ1n) is 8.12. The molecule has 1 N–H and O–H groups in total. The zero-order valence-electron chi connectivity index (χ0n) is 14.0. The molecule has 0 spiro atoms. The molecule has 0 bridgehead atoms. The third-order valence-corrected chi connectivity index (χ3v) is 4.04. The summed E-state index contributed by atoms with van der Waals surface area (Å²) in [5, 5.41) is 12.4. The highest BCUT2D eigenvalue weighted by Crippen LogP contribution is 2.20. The first-order valence-corrected chi connectivity index (χ1v) is 8.12. The standard InChI is InChI=1S/C19H15N7/c1-13(15-4-2-3-7-22-15)24-18-10-21-11-19(25-18)26-12-23-16-6-5-14(9-20)8-17(16)26/h2-8,10-13H,1H3,(H,24,25). The highest BCUT2D eigenvalue weighted by atomic mass is 15.2. The summed E-state index contributed by atoms with van der Waals surface area (Å²) in [6.45, 7) is 2.02. The Kier molecular flexibility index (Phi) is 4.00. The molecule has 0 radical (unpaired) electrons. The Morgan fingerprint density at radius 3 is 2.88 bits per heavy atom. The van der Waals surface area contributed by atoms with Crippen molar-refractivity contribution in [2.24, 2.45) is 0 Å². The first kappa shape index (κ1) is 15.7. The van der Waals surface area contributed by atoms with E-state index in [0.717, 1.165) is 16.7 Å². The van der Waals surface area contributed by atoms with Gasteiger partial charge in [0, 0.05) is 6.20 Å². The molecule has 0 aliphatic rings. The molecule has 0 amide bonds. The number of nitrogens with zero attached hydrogens (tertiary/aromatic N) is 6. The van der Waals surface area contributed by atoms with Crippen molar-refractivity contribution in [1.29, 1.82) is 5.26 Å². The zero-order chi connectivity index (χ0) is 17.9. The monoisotopic (exact) mass is 341 g/mol. The van der Waals surface area contributed by atoms with Crippen molar-refractivity contribution < 1.29 is 0 Å². The van der Waals surface area contributed by atoms with E-state index in [1.54, 1.807) is 37.1 Å². The Bertz CT molecular complexity index is 1100. The average molecular weight is 341 g/mol. The summed E-state index contributed by atoms with van der Waals surface area (Å²) in [6, 6.07) is 13.3. The van der Waals surface area contributed by atoms with Crippen molar-refractivity contribution in [2.75, 3.05) is 5.32 Å². The summed E-state index contributed by atoms with van der Waals surface area (Å²) in [7, 11) is 0. The van der Waals surface area contributed by atoms with Crippen LogP contribution in [-0.4, -0.2) is 24.5 Å². The maximum absolute atomic E-state index is 9.12. The maximum atomic E-state index is 9.12. The van der Waals surface area contributed by atoms with E-state index in [1.807, 2.05) is 35.8 Å². The molecule has 0 saturated carbocycles. The highest BCUT2D eigenvalue weighted by Gasteiger charge is 2.10. The molecule has 3 heterocycles. The number of fused-ring (bicyclic) bond motifs is 1. The van der Waals surface area contributed by atoms with Gasteiger partial charge in [-0.15, -0.1) is 0 Å². The lowest BCUT2D eigenvalue weighted by atomic mass is 10.2. The number of imidazole rings is 1. The number of aromatic nitrogens is 5. The number of benzene rings is 1. The Balaban J connectivity index is 1.67. The quantitative estimate of drug-likeness (QED) is 0.612. The average Bonchev–Trinajstić information content (AvgIpc) is 3.12. The molecule has 0 aliphatic carbocycles. The van der Waals surface area contributed by atoms with Crippen LogP contribution < -0.4 is 5.32 Å². The fourth-order valence-electron chi connectivity index (χ4n) is 2.73. The predicted octanol–water partition coefficient (Wildman–Crippen LogP) is 3.26. The summed E-state index contributed by atoms with van der Waals surface area (Å²) in [5.74, 6) is 1.26. The van der Waals surface area contributed by atoms with E-state index < -0.39 is 0 Å². The van der Waals surface area contributed by atoms with E-state index in [0.29, 0.717) is 17.2 Å². The number of nitrogens with one attached hydrogen (secondary N) is 1. The second-order valence-corrected chi connectivity index (χ2v) is 5.81. The van der Waals surface area contributed by atoms with Crippen LogP contribution in [0.3, 0.4) is 0 Å². The van der Waals surface area contributed by atoms with Crippen molar-refractivity contribution in [2.45, 2.75) is 13.0 Å². The van der Waals surface area contributed by atoms with Gasteiger partial charge in [0.2, 0.25) is 0 Å². The maximum Gasteiger partial charge on any atom is 0.159 e. The Morgan fingerprint density at radius 2 is 2.08 bits per heavy atom. The van der Waals surface area contributed by atoms with E-state index in [9.17, 15) is 0 Å². The minimum absolute atomic E-state index is 0.00882. The van der Waals surface area contributed by atoms with Crippen LogP contribution in [0.1, 0.15) is 24.2 Å². The summed E-state index contributed by atoms with van der Waals surface area (Å²) < 4.78 is 1.82. The number of pyridine rings is 1. The van der Waals surface area contributed by atoms with Crippen molar-refractivity contribution in [3.8, 4) is 11.9 Å². The van der Waals surface area contributed by atoms with Crippen molar-refractivity contribution in [1.82, 2.24) is 24.5 Å². The van der Waals surface area contributed by atoms with E-state index >= 15 is 0 Å². The molecule has 7 heteroatoms. The molecular weight excluding hydrogens is 326 g/mol. The molecule has 1 unspecified atom stereocenters. The molecule has 26 heavy (non-hydrogen) atoms. The van der Waals surface area contributed by atoms with Gasteiger partial charge in [0.15, 0.2) is 5.82 Å². The Labute approximate surface area is 150 Å². The fraction of sp³-hybridized carbons (Fsp3) is 0.105. The normalized spacial score (nSPS) is 11.8. The smallest absolute Gasteiger partial charge is 0.159 e. The molecule has 0 fully saturated rings. The van der Waals surface area contributed by atoms with E-state index in [2.05, 4.69) is 31.3 Å². The van der Waals surface area contributed by atoms with Gasteiger partial charge in [0.05, 0.1) is 46.8 Å². The van der Waals surface area contributed by atoms with Crippen molar-refractivity contribution in [3.05, 3.63) is 72.6 Å². The van der Waals surface area contributed by atoms with Gasteiger partial charge in [-0.3, -0.25) is 14.5 Å². The predicted molar refractivity (Wildman–Crippen MR) is 97.6 cm³/mol. The molecule has 0 saturated heterocycles. The highest BCUT2D eigenvalue weighted by molar-refractivity contribution is 5.78. The number of nitriles is 1. The number of anilines is 1. The molecule has 126 valence electrons. The molecule has 3 aromatic heterocycles. The first-order chi connectivity index (χ1) is 12.7. The molecule has 4 rings (SSSR count). The van der Waals surface area contributed by atoms with Crippen LogP contribution >= 0.6 is 0 Å². The van der Waals surface area contributed by atoms with Crippen LogP contribution in [0.15, 0.2) is 61.3 Å². The zero-order valence-corrected chi connectivity index (χ0v) is 14.0. The third-order valence-electron chi connectivity index (χ3n) is 4.04. The second-order valence-electron chi connectivity index (χ2n) is 5.81. The third kappa shape index (κ3) is 2.96. The molecule has 0 aliphatic heterocycles. The SMILES string of the molecule is CC(Nc1cncc(-n2cnc3ccc(C#N)cc32)n1)c1ccccn1. The van der Waals surface area contributed by atoms with Gasteiger partial charge >= 0.3 is 0 Å². The van der Waals surface area contributed by atoms with E-state index in [-0.39, 0.29) is 6.04 Å². The lowest BCUT2D eigenvalue weighted by molar-refractivity contribution is 0.826. The summed E-state index contributed by atoms with van der Waals surface area (Å²) in [4.78, 5) is 17.6. The van der Waals surface area contributed by atoms with Gasteiger partial charge in [-0.05, 0) is 37.3 Å². The van der Waals surface area contributed by atoms with Crippen molar-refractivity contribution >= 4 is 16.9 Å². The van der Waals surface area contributed by atoms with Gasteiger partial charge in [-0.1, -0.05) is 6.07 Å². The number of hydrogen-bond donors (Lipinski definition) is 1. The van der Waals surface area contributed by atoms with Crippen LogP contribution in [-0.2, 0) is 0 Å². The van der Waals surface area contributed by atoms with Gasteiger partial charge in [-0.25, -0.2) is 9.97 Å². The number of rotatable bonds is 4.